The first kappa shape index (κ1) is 22.7. The van der Waals surface area contributed by atoms with Crippen LogP contribution < -0.4 is 10.6 Å². The van der Waals surface area contributed by atoms with E-state index >= 15 is 0 Å². The third-order valence-electron chi connectivity index (χ3n) is 5.94. The second kappa shape index (κ2) is 10.4. The second-order valence-electron chi connectivity index (χ2n) is 8.31. The van der Waals surface area contributed by atoms with E-state index in [2.05, 4.69) is 20.8 Å². The fourth-order valence-corrected chi connectivity index (χ4v) is 5.03. The lowest BCUT2D eigenvalue weighted by Crippen LogP contribution is -2.47. The minimum Gasteiger partial charge on any atom is -0.353 e. The topological polar surface area (TPSA) is 104 Å². The fourth-order valence-electron chi connectivity index (χ4n) is 4.20. The van der Waals surface area contributed by atoms with Crippen LogP contribution in [0.5, 0.6) is 0 Å². The Morgan fingerprint density at radius 3 is 2.44 bits per heavy atom. The maximum Gasteiger partial charge on any atom is 0.286 e. The molecular formula is C22H26ClN5O3S. The highest BCUT2D eigenvalue weighted by Crippen LogP contribution is 2.23. The number of benzene rings is 1. The lowest BCUT2D eigenvalue weighted by molar-refractivity contribution is -0.127. The van der Waals surface area contributed by atoms with Gasteiger partial charge in [-0.25, -0.2) is 0 Å². The van der Waals surface area contributed by atoms with Crippen molar-refractivity contribution in [2.24, 2.45) is 5.92 Å². The first-order valence-electron chi connectivity index (χ1n) is 11.0. The minimum absolute atomic E-state index is 0.0368. The molecular weight excluding hydrogens is 450 g/mol. The van der Waals surface area contributed by atoms with E-state index in [0.717, 1.165) is 49.9 Å². The Hall–Kier alpha value is -2.52. The van der Waals surface area contributed by atoms with Crippen LogP contribution in [0.2, 0.25) is 5.02 Å². The molecule has 0 radical (unpaired) electrons. The van der Waals surface area contributed by atoms with Crippen LogP contribution in [0, 0.1) is 5.92 Å². The van der Waals surface area contributed by atoms with Crippen molar-refractivity contribution in [2.75, 3.05) is 18.4 Å². The van der Waals surface area contributed by atoms with Crippen LogP contribution in [0.1, 0.15) is 64.6 Å². The molecule has 2 aliphatic rings. The predicted octanol–water partition coefficient (Wildman–Crippen LogP) is 3.74. The Morgan fingerprint density at radius 2 is 1.69 bits per heavy atom. The Bertz CT molecular complexity index is 974. The van der Waals surface area contributed by atoms with Gasteiger partial charge >= 0.3 is 0 Å². The van der Waals surface area contributed by atoms with Gasteiger partial charge in [-0.2, -0.15) is 0 Å². The number of piperidine rings is 1. The summed E-state index contributed by atoms with van der Waals surface area (Å²) in [5.41, 5.74) is 0.574. The average molecular weight is 476 g/mol. The van der Waals surface area contributed by atoms with Crippen molar-refractivity contribution in [2.45, 2.75) is 51.0 Å². The molecule has 2 N–H and O–H groups in total. The van der Waals surface area contributed by atoms with E-state index in [9.17, 15) is 14.4 Å². The van der Waals surface area contributed by atoms with Crippen LogP contribution in [0.4, 0.5) is 5.69 Å². The molecule has 0 spiro atoms. The standard InChI is InChI=1S/C22H26ClN5O3S/c23-15-8-10-17(11-9-15)25-19(30)20-26-27-21(32-20)22(31)28-12-4-5-14(13-28)18(29)24-16-6-2-1-3-7-16/h8-11,14,16H,1-7,12-13H2,(H,24,29)(H,25,30)/t14-/m1/s1. The quantitative estimate of drug-likeness (QED) is 0.685. The van der Waals surface area contributed by atoms with Crippen LogP contribution in [0.3, 0.4) is 0 Å². The van der Waals surface area contributed by atoms with Crippen LogP contribution >= 0.6 is 22.9 Å². The second-order valence-corrected chi connectivity index (χ2v) is 9.72. The Morgan fingerprint density at radius 1 is 0.969 bits per heavy atom. The van der Waals surface area contributed by atoms with Gasteiger partial charge < -0.3 is 15.5 Å². The van der Waals surface area contributed by atoms with Gasteiger partial charge in [-0.3, -0.25) is 14.4 Å². The van der Waals surface area contributed by atoms with Crippen LogP contribution in [0.15, 0.2) is 24.3 Å². The summed E-state index contributed by atoms with van der Waals surface area (Å²) in [6.07, 6.45) is 7.15. The number of nitrogens with one attached hydrogen (secondary N) is 2. The van der Waals surface area contributed by atoms with Gasteiger partial charge in [-0.05, 0) is 49.9 Å². The molecule has 1 atom stereocenters. The number of hydrogen-bond acceptors (Lipinski definition) is 6. The zero-order chi connectivity index (χ0) is 22.5. The maximum atomic E-state index is 12.9. The monoisotopic (exact) mass is 475 g/mol. The molecule has 1 aliphatic heterocycles. The molecule has 4 rings (SSSR count). The maximum absolute atomic E-state index is 12.9. The molecule has 1 aromatic heterocycles. The minimum atomic E-state index is -0.438. The molecule has 170 valence electrons. The molecule has 8 nitrogen and oxygen atoms in total. The smallest absolute Gasteiger partial charge is 0.286 e. The summed E-state index contributed by atoms with van der Waals surface area (Å²) in [5.74, 6) is -0.902. The number of hydrogen-bond donors (Lipinski definition) is 2. The lowest BCUT2D eigenvalue weighted by Gasteiger charge is -2.33. The average Bonchev–Trinajstić information content (AvgIpc) is 3.31. The van der Waals surface area contributed by atoms with E-state index < -0.39 is 5.91 Å². The summed E-state index contributed by atoms with van der Waals surface area (Å²) < 4.78 is 0. The first-order valence-corrected chi connectivity index (χ1v) is 12.2. The number of amides is 3. The van der Waals surface area contributed by atoms with E-state index in [-0.39, 0.29) is 33.8 Å². The van der Waals surface area contributed by atoms with Crippen LogP contribution in [-0.2, 0) is 4.79 Å². The molecule has 2 aromatic rings. The normalized spacial score (nSPS) is 19.4. The van der Waals surface area contributed by atoms with E-state index in [4.69, 9.17) is 11.6 Å². The fraction of sp³-hybridized carbons (Fsp3) is 0.500. The van der Waals surface area contributed by atoms with Crippen molar-refractivity contribution in [3.63, 3.8) is 0 Å². The highest BCUT2D eigenvalue weighted by Gasteiger charge is 2.32. The summed E-state index contributed by atoms with van der Waals surface area (Å²) >= 11 is 6.81. The van der Waals surface area contributed by atoms with Crippen molar-refractivity contribution >= 4 is 46.3 Å². The molecule has 1 aliphatic carbocycles. The third-order valence-corrected chi connectivity index (χ3v) is 7.10. The number of likely N-dealkylation sites (tertiary alicyclic amines) is 1. The molecule has 3 amide bonds. The Kier molecular flexibility index (Phi) is 7.36. The third kappa shape index (κ3) is 5.63. The number of halogens is 1. The Balaban J connectivity index is 1.34. The molecule has 2 heterocycles. The van der Waals surface area contributed by atoms with E-state index in [0.29, 0.717) is 23.8 Å². The summed E-state index contributed by atoms with van der Waals surface area (Å²) in [5, 5.41) is 14.5. The predicted molar refractivity (Wildman–Crippen MR) is 123 cm³/mol. The van der Waals surface area contributed by atoms with Crippen LogP contribution in [0.25, 0.3) is 0 Å². The number of aromatic nitrogens is 2. The van der Waals surface area contributed by atoms with Crippen molar-refractivity contribution in [1.82, 2.24) is 20.4 Å². The van der Waals surface area contributed by atoms with Gasteiger partial charge in [0.25, 0.3) is 11.8 Å². The van der Waals surface area contributed by atoms with Gasteiger partial charge in [-0.15, -0.1) is 10.2 Å². The molecule has 32 heavy (non-hydrogen) atoms. The highest BCUT2D eigenvalue weighted by molar-refractivity contribution is 7.15. The van der Waals surface area contributed by atoms with Crippen molar-refractivity contribution < 1.29 is 14.4 Å². The SMILES string of the molecule is O=C(Nc1ccc(Cl)cc1)c1nnc(C(=O)N2CCC[C@@H](C(=O)NC3CCCCC3)C2)s1. The van der Waals surface area contributed by atoms with Crippen molar-refractivity contribution in [3.8, 4) is 0 Å². The van der Waals surface area contributed by atoms with E-state index in [1.165, 1.54) is 6.42 Å². The highest BCUT2D eigenvalue weighted by atomic mass is 35.5. The molecule has 0 unspecified atom stereocenters. The summed E-state index contributed by atoms with van der Waals surface area (Å²) in [6.45, 7) is 0.932. The molecule has 1 saturated heterocycles. The summed E-state index contributed by atoms with van der Waals surface area (Å²) in [4.78, 5) is 39.7. The Labute approximate surface area is 195 Å². The number of rotatable bonds is 5. The summed E-state index contributed by atoms with van der Waals surface area (Å²) in [7, 11) is 0. The number of carbonyl (C=O) groups is 3. The summed E-state index contributed by atoms with van der Waals surface area (Å²) in [6, 6.07) is 6.96. The van der Waals surface area contributed by atoms with Gasteiger partial charge in [0.15, 0.2) is 0 Å². The van der Waals surface area contributed by atoms with Crippen molar-refractivity contribution in [1.29, 1.82) is 0 Å². The van der Waals surface area contributed by atoms with Gasteiger partial charge in [0.2, 0.25) is 15.9 Å². The van der Waals surface area contributed by atoms with Gasteiger partial charge in [0.1, 0.15) is 0 Å². The van der Waals surface area contributed by atoms with E-state index in [1.807, 2.05) is 0 Å². The largest absolute Gasteiger partial charge is 0.353 e. The van der Waals surface area contributed by atoms with Gasteiger partial charge in [0, 0.05) is 29.8 Å². The molecule has 1 saturated carbocycles. The van der Waals surface area contributed by atoms with Crippen molar-refractivity contribution in [3.05, 3.63) is 39.3 Å². The zero-order valence-corrected chi connectivity index (χ0v) is 19.3. The number of nitrogens with zero attached hydrogens (tertiary/aromatic N) is 3. The molecule has 10 heteroatoms. The van der Waals surface area contributed by atoms with Crippen LogP contribution in [-0.4, -0.2) is 52.0 Å². The zero-order valence-electron chi connectivity index (χ0n) is 17.7. The molecule has 2 fully saturated rings. The number of anilines is 1. The van der Waals surface area contributed by atoms with Gasteiger partial charge in [0.05, 0.1) is 5.92 Å². The van der Waals surface area contributed by atoms with E-state index in [1.54, 1.807) is 29.2 Å². The molecule has 1 aromatic carbocycles. The van der Waals surface area contributed by atoms with Gasteiger partial charge in [-0.1, -0.05) is 42.2 Å². The lowest BCUT2D eigenvalue weighted by atomic mass is 9.93. The number of carbonyl (C=O) groups excluding carboxylic acids is 3. The molecule has 0 bridgehead atoms. The first-order chi connectivity index (χ1) is 15.5.